The highest BCUT2D eigenvalue weighted by molar-refractivity contribution is 5.86. The quantitative estimate of drug-likeness (QED) is 0.610. The maximum Gasteiger partial charge on any atom is 0.416 e. The van der Waals surface area contributed by atoms with Gasteiger partial charge in [-0.15, -0.1) is 0 Å². The van der Waals surface area contributed by atoms with Gasteiger partial charge in [0.2, 0.25) is 11.8 Å². The summed E-state index contributed by atoms with van der Waals surface area (Å²) in [5, 5.41) is 0. The van der Waals surface area contributed by atoms with Crippen molar-refractivity contribution in [2.75, 3.05) is 26.2 Å². The monoisotopic (exact) mass is 456 g/mol. The Morgan fingerprint density at radius 3 is 2.28 bits per heavy atom. The second-order valence-corrected chi connectivity index (χ2v) is 9.03. The highest BCUT2D eigenvalue weighted by Crippen LogP contribution is 2.29. The van der Waals surface area contributed by atoms with Gasteiger partial charge < -0.3 is 14.5 Å². The number of piperidine rings is 1. The molecule has 1 saturated heterocycles. The molecule has 1 aromatic carbocycles. The number of amides is 2. The predicted octanol–water partition coefficient (Wildman–Crippen LogP) is 3.88. The summed E-state index contributed by atoms with van der Waals surface area (Å²) in [5.41, 5.74) is -0.891. The summed E-state index contributed by atoms with van der Waals surface area (Å²) in [4.78, 5) is 41.0. The van der Waals surface area contributed by atoms with E-state index in [9.17, 15) is 27.6 Å². The first kappa shape index (κ1) is 25.7. The molecule has 1 aromatic rings. The predicted molar refractivity (Wildman–Crippen MR) is 112 cm³/mol. The average molecular weight is 457 g/mol. The Hall–Kier alpha value is -2.58. The van der Waals surface area contributed by atoms with E-state index in [-0.39, 0.29) is 38.1 Å². The first-order valence-corrected chi connectivity index (χ1v) is 10.7. The van der Waals surface area contributed by atoms with Crippen LogP contribution in [0.3, 0.4) is 0 Å². The van der Waals surface area contributed by atoms with Crippen LogP contribution in [0, 0.1) is 11.3 Å². The zero-order valence-electron chi connectivity index (χ0n) is 19.0. The second-order valence-electron chi connectivity index (χ2n) is 9.03. The maximum atomic E-state index is 13.3. The summed E-state index contributed by atoms with van der Waals surface area (Å²) in [6.45, 7) is 7.74. The van der Waals surface area contributed by atoms with Crippen LogP contribution in [-0.2, 0) is 31.8 Å². The highest BCUT2D eigenvalue weighted by Gasteiger charge is 2.36. The Balaban J connectivity index is 2.19. The lowest BCUT2D eigenvalue weighted by molar-refractivity contribution is -0.153. The van der Waals surface area contributed by atoms with Gasteiger partial charge in [-0.05, 0) is 37.5 Å². The largest absolute Gasteiger partial charge is 0.465 e. The van der Waals surface area contributed by atoms with Crippen LogP contribution >= 0.6 is 0 Å². The van der Waals surface area contributed by atoms with Gasteiger partial charge in [-0.3, -0.25) is 14.4 Å². The van der Waals surface area contributed by atoms with Gasteiger partial charge in [-0.1, -0.05) is 32.9 Å². The molecule has 0 bridgehead atoms. The molecule has 6 nitrogen and oxygen atoms in total. The van der Waals surface area contributed by atoms with Gasteiger partial charge in [0, 0.05) is 25.0 Å². The van der Waals surface area contributed by atoms with Crippen molar-refractivity contribution in [3.8, 4) is 0 Å². The third-order valence-electron chi connectivity index (χ3n) is 5.29. The molecule has 1 aliphatic heterocycles. The average Bonchev–Trinajstić information content (AvgIpc) is 2.71. The fourth-order valence-electron chi connectivity index (χ4n) is 3.69. The number of benzene rings is 1. The van der Waals surface area contributed by atoms with E-state index in [1.165, 1.54) is 17.0 Å². The Morgan fingerprint density at radius 2 is 1.75 bits per heavy atom. The number of rotatable bonds is 6. The van der Waals surface area contributed by atoms with Gasteiger partial charge >= 0.3 is 12.1 Å². The normalized spacial score (nSPS) is 17.1. The van der Waals surface area contributed by atoms with Crippen molar-refractivity contribution in [3.05, 3.63) is 35.4 Å². The molecule has 0 saturated carbocycles. The summed E-state index contributed by atoms with van der Waals surface area (Å²) in [6.07, 6.45) is -3.23. The van der Waals surface area contributed by atoms with E-state index in [1.54, 1.807) is 11.8 Å². The minimum absolute atomic E-state index is 0.0283. The third-order valence-corrected chi connectivity index (χ3v) is 5.29. The van der Waals surface area contributed by atoms with E-state index < -0.39 is 29.0 Å². The molecule has 1 atom stereocenters. The van der Waals surface area contributed by atoms with E-state index in [2.05, 4.69) is 0 Å². The van der Waals surface area contributed by atoms with E-state index >= 15 is 0 Å². The van der Waals surface area contributed by atoms with Crippen molar-refractivity contribution in [3.63, 3.8) is 0 Å². The molecule has 1 aliphatic rings. The number of esters is 1. The number of alkyl halides is 3. The maximum absolute atomic E-state index is 13.3. The van der Waals surface area contributed by atoms with Crippen molar-refractivity contribution in [1.29, 1.82) is 0 Å². The number of carbonyl (C=O) groups is 3. The summed E-state index contributed by atoms with van der Waals surface area (Å²) in [5.74, 6) is -1.44. The molecule has 2 amide bonds. The summed E-state index contributed by atoms with van der Waals surface area (Å²) in [7, 11) is 0. The fourth-order valence-corrected chi connectivity index (χ4v) is 3.69. The fraction of sp³-hybridized carbons (Fsp3) is 0.609. The van der Waals surface area contributed by atoms with Crippen molar-refractivity contribution in [2.45, 2.75) is 53.3 Å². The van der Waals surface area contributed by atoms with Crippen LogP contribution < -0.4 is 0 Å². The smallest absolute Gasteiger partial charge is 0.416 e. The van der Waals surface area contributed by atoms with Crippen LogP contribution in [0.15, 0.2) is 24.3 Å². The number of halogens is 3. The standard InChI is InChI=1S/C23H31F3N2O4/c1-5-32-19(29)15-28(13-16-8-10-18(11-9-16)23(24,25)26)20(30)17-7-6-12-27(14-17)21(31)22(2,3)4/h8-11,17H,5-7,12-15H2,1-4H3. The minimum atomic E-state index is -4.45. The van der Waals surface area contributed by atoms with Crippen molar-refractivity contribution in [2.24, 2.45) is 11.3 Å². The van der Waals surface area contributed by atoms with E-state index in [0.717, 1.165) is 12.1 Å². The number of nitrogens with zero attached hydrogens (tertiary/aromatic N) is 2. The first-order chi connectivity index (χ1) is 14.8. The molecule has 9 heteroatoms. The SMILES string of the molecule is CCOC(=O)CN(Cc1ccc(C(F)(F)F)cc1)C(=O)C1CCCN(C(=O)C(C)(C)C)C1. The molecule has 0 aromatic heterocycles. The van der Waals surface area contributed by atoms with Crippen LogP contribution in [0.5, 0.6) is 0 Å². The lowest BCUT2D eigenvalue weighted by atomic mass is 9.90. The van der Waals surface area contributed by atoms with Gasteiger partial charge in [0.15, 0.2) is 0 Å². The Kier molecular flexibility index (Phi) is 8.31. The zero-order chi connectivity index (χ0) is 24.1. The highest BCUT2D eigenvalue weighted by atomic mass is 19.4. The molecule has 32 heavy (non-hydrogen) atoms. The van der Waals surface area contributed by atoms with Crippen LogP contribution in [-0.4, -0.2) is 53.8 Å². The van der Waals surface area contributed by atoms with E-state index in [0.29, 0.717) is 24.9 Å². The van der Waals surface area contributed by atoms with Crippen LogP contribution in [0.1, 0.15) is 51.7 Å². The molecule has 2 rings (SSSR count). The molecule has 0 N–H and O–H groups in total. The van der Waals surface area contributed by atoms with Crippen molar-refractivity contribution >= 4 is 17.8 Å². The molecule has 0 aliphatic carbocycles. The molecule has 178 valence electrons. The Labute approximate surface area is 186 Å². The summed E-state index contributed by atoms with van der Waals surface area (Å²) in [6, 6.07) is 4.49. The molecule has 1 unspecified atom stereocenters. The molecular formula is C23H31F3N2O4. The topological polar surface area (TPSA) is 66.9 Å². The van der Waals surface area contributed by atoms with Crippen molar-refractivity contribution < 1.29 is 32.3 Å². The molecule has 0 radical (unpaired) electrons. The van der Waals surface area contributed by atoms with Crippen LogP contribution in [0.25, 0.3) is 0 Å². The van der Waals surface area contributed by atoms with Gasteiger partial charge in [-0.25, -0.2) is 0 Å². The molecule has 1 heterocycles. The van der Waals surface area contributed by atoms with Crippen molar-refractivity contribution in [1.82, 2.24) is 9.80 Å². The van der Waals surface area contributed by atoms with E-state index in [4.69, 9.17) is 4.74 Å². The van der Waals surface area contributed by atoms with Gasteiger partial charge in [0.1, 0.15) is 6.54 Å². The number of hydrogen-bond donors (Lipinski definition) is 0. The minimum Gasteiger partial charge on any atom is -0.465 e. The third kappa shape index (κ3) is 6.97. The number of carbonyl (C=O) groups excluding carboxylic acids is 3. The number of hydrogen-bond acceptors (Lipinski definition) is 4. The van der Waals surface area contributed by atoms with Gasteiger partial charge in [0.05, 0.1) is 18.1 Å². The second kappa shape index (κ2) is 10.4. The Morgan fingerprint density at radius 1 is 1.12 bits per heavy atom. The summed E-state index contributed by atoms with van der Waals surface area (Å²) < 4.78 is 43.5. The van der Waals surface area contributed by atoms with Gasteiger partial charge in [-0.2, -0.15) is 13.2 Å². The lowest BCUT2D eigenvalue weighted by Crippen LogP contribution is -2.50. The van der Waals surface area contributed by atoms with Crippen LogP contribution in [0.2, 0.25) is 0 Å². The van der Waals surface area contributed by atoms with E-state index in [1.807, 2.05) is 20.8 Å². The molecule has 1 fully saturated rings. The zero-order valence-corrected chi connectivity index (χ0v) is 19.0. The Bertz CT molecular complexity index is 816. The molecular weight excluding hydrogens is 425 g/mol. The number of likely N-dealkylation sites (tertiary alicyclic amines) is 1. The first-order valence-electron chi connectivity index (χ1n) is 10.7. The lowest BCUT2D eigenvalue weighted by Gasteiger charge is -2.37. The van der Waals surface area contributed by atoms with Gasteiger partial charge in [0.25, 0.3) is 0 Å². The molecule has 0 spiro atoms. The van der Waals surface area contributed by atoms with Crippen LogP contribution in [0.4, 0.5) is 13.2 Å². The number of ether oxygens (including phenoxy) is 1. The summed E-state index contributed by atoms with van der Waals surface area (Å²) >= 11 is 0.